The monoisotopic (exact) mass is 328 g/mol. The lowest BCUT2D eigenvalue weighted by molar-refractivity contribution is -0.152. The van der Waals surface area contributed by atoms with Gasteiger partial charge in [0, 0.05) is 12.8 Å². The van der Waals surface area contributed by atoms with Crippen molar-refractivity contribution < 1.29 is 14.7 Å². The summed E-state index contributed by atoms with van der Waals surface area (Å²) in [6.07, 6.45) is 1.54. The zero-order valence-electron chi connectivity index (χ0n) is 10.9. The number of aromatic nitrogens is 4. The number of carboxylic acid groups (broad SMARTS) is 1. The highest BCUT2D eigenvalue weighted by atomic mass is 32.2. The summed E-state index contributed by atoms with van der Waals surface area (Å²) in [5, 5.41) is 19.9. The Morgan fingerprint density at radius 3 is 3.05 bits per heavy atom. The number of tetrazole rings is 1. The van der Waals surface area contributed by atoms with Gasteiger partial charge in [-0.2, -0.15) is 0 Å². The first-order chi connectivity index (χ1) is 10.0. The van der Waals surface area contributed by atoms with E-state index in [1.54, 1.807) is 13.1 Å². The maximum Gasteiger partial charge on any atom is 0.352 e. The van der Waals surface area contributed by atoms with Crippen molar-refractivity contribution in [3.05, 3.63) is 11.8 Å². The number of carbonyl (C=O) groups excluding carboxylic acids is 1. The van der Waals surface area contributed by atoms with Crippen molar-refractivity contribution >= 4 is 35.4 Å². The van der Waals surface area contributed by atoms with Gasteiger partial charge >= 0.3 is 5.97 Å². The maximum atomic E-state index is 12.2. The van der Waals surface area contributed by atoms with Crippen LogP contribution in [0.5, 0.6) is 0 Å². The van der Waals surface area contributed by atoms with Crippen LogP contribution in [0.3, 0.4) is 0 Å². The second-order valence-electron chi connectivity index (χ2n) is 4.52. The van der Waals surface area contributed by atoms with Crippen molar-refractivity contribution in [3.63, 3.8) is 0 Å². The number of β-lactam (4-membered cyclic amide) rings is 1. The molecule has 1 aromatic heterocycles. The number of carbonyl (C=O) groups is 2. The third-order valence-electron chi connectivity index (χ3n) is 3.28. The van der Waals surface area contributed by atoms with Crippen molar-refractivity contribution in [2.45, 2.75) is 15.9 Å². The molecule has 3 N–H and O–H groups in total. The zero-order valence-corrected chi connectivity index (χ0v) is 12.5. The van der Waals surface area contributed by atoms with E-state index in [9.17, 15) is 9.59 Å². The third kappa shape index (κ3) is 2.30. The van der Waals surface area contributed by atoms with Crippen LogP contribution < -0.4 is 5.73 Å². The van der Waals surface area contributed by atoms with Gasteiger partial charge in [-0.05, 0) is 16.5 Å². The number of nitrogens with zero attached hydrogens (tertiary/aromatic N) is 5. The van der Waals surface area contributed by atoms with Gasteiger partial charge in [0.15, 0.2) is 0 Å². The molecule has 1 amide bonds. The van der Waals surface area contributed by atoms with Crippen molar-refractivity contribution in [2.75, 3.05) is 5.75 Å². The van der Waals surface area contributed by atoms with Gasteiger partial charge in [-0.15, -0.1) is 16.9 Å². The molecule has 0 bridgehead atoms. The number of carboxylic acids is 1. The molecular formula is C10H12N6O3S2. The van der Waals surface area contributed by atoms with E-state index < -0.39 is 17.3 Å². The van der Waals surface area contributed by atoms with Gasteiger partial charge in [0.25, 0.3) is 0 Å². The highest BCUT2D eigenvalue weighted by molar-refractivity contribution is 8.01. The summed E-state index contributed by atoms with van der Waals surface area (Å²) >= 11 is 2.71. The molecule has 1 aromatic rings. The fourth-order valence-corrected chi connectivity index (χ4v) is 4.59. The lowest BCUT2D eigenvalue weighted by atomic mass is 9.96. The predicted molar refractivity (Wildman–Crippen MR) is 74.9 cm³/mol. The van der Waals surface area contributed by atoms with Crippen LogP contribution >= 0.6 is 23.5 Å². The number of fused-ring (bicyclic) bond motifs is 1. The van der Waals surface area contributed by atoms with E-state index in [4.69, 9.17) is 10.8 Å². The van der Waals surface area contributed by atoms with E-state index in [-0.39, 0.29) is 17.0 Å². The molecule has 1 saturated heterocycles. The number of hydrogen-bond acceptors (Lipinski definition) is 8. The second kappa shape index (κ2) is 5.31. The van der Waals surface area contributed by atoms with Gasteiger partial charge in [0.2, 0.25) is 11.1 Å². The minimum absolute atomic E-state index is 0.0394. The largest absolute Gasteiger partial charge is 0.477 e. The van der Waals surface area contributed by atoms with Gasteiger partial charge < -0.3 is 10.8 Å². The second-order valence-corrected chi connectivity index (χ2v) is 6.81. The van der Waals surface area contributed by atoms with Crippen molar-refractivity contribution in [1.29, 1.82) is 0 Å². The summed E-state index contributed by atoms with van der Waals surface area (Å²) < 4.78 is 1.47. The van der Waals surface area contributed by atoms with E-state index in [1.807, 2.05) is 0 Å². The first kappa shape index (κ1) is 14.4. The van der Waals surface area contributed by atoms with E-state index >= 15 is 0 Å². The van der Waals surface area contributed by atoms with E-state index in [2.05, 4.69) is 15.5 Å². The quantitative estimate of drug-likeness (QED) is 0.410. The van der Waals surface area contributed by atoms with Crippen LogP contribution in [0.1, 0.15) is 0 Å². The summed E-state index contributed by atoms with van der Waals surface area (Å²) in [5.41, 5.74) is 6.12. The van der Waals surface area contributed by atoms with Crippen LogP contribution in [-0.2, 0) is 16.6 Å². The average molecular weight is 328 g/mol. The van der Waals surface area contributed by atoms with E-state index in [0.717, 1.165) is 0 Å². The van der Waals surface area contributed by atoms with Crippen LogP contribution in [0.2, 0.25) is 0 Å². The van der Waals surface area contributed by atoms with Crippen LogP contribution in [0.15, 0.2) is 16.9 Å². The van der Waals surface area contributed by atoms with Crippen molar-refractivity contribution in [1.82, 2.24) is 25.1 Å². The molecule has 0 aromatic carbocycles. The number of aliphatic carboxylic acids is 1. The number of aryl methyl sites for hydroxylation is 1. The SMILES string of the molecule is Cn1nnnc1SC(N)C1C(=O)N2C(C(=O)O)=CCSC12. The van der Waals surface area contributed by atoms with Gasteiger partial charge in [-0.1, -0.05) is 11.8 Å². The Balaban J connectivity index is 1.74. The lowest BCUT2D eigenvalue weighted by Crippen LogP contribution is -2.65. The molecule has 1 fully saturated rings. The minimum Gasteiger partial charge on any atom is -0.477 e. The summed E-state index contributed by atoms with van der Waals surface area (Å²) in [7, 11) is 1.69. The summed E-state index contributed by atoms with van der Waals surface area (Å²) in [6, 6.07) is 0. The third-order valence-corrected chi connectivity index (χ3v) is 5.61. The zero-order chi connectivity index (χ0) is 15.1. The number of rotatable bonds is 4. The molecule has 9 nitrogen and oxygen atoms in total. The molecule has 2 aliphatic rings. The van der Waals surface area contributed by atoms with Crippen LogP contribution in [0, 0.1) is 5.92 Å². The molecular weight excluding hydrogens is 316 g/mol. The molecule has 112 valence electrons. The van der Waals surface area contributed by atoms with Crippen LogP contribution in [0.25, 0.3) is 0 Å². The van der Waals surface area contributed by atoms with E-state index in [0.29, 0.717) is 10.9 Å². The molecule has 3 heterocycles. The van der Waals surface area contributed by atoms with E-state index in [1.165, 1.54) is 33.1 Å². The number of thioether (sulfide) groups is 2. The Bertz CT molecular complexity index is 632. The number of hydrogen-bond donors (Lipinski definition) is 2. The lowest BCUT2D eigenvalue weighted by Gasteiger charge is -2.49. The van der Waals surface area contributed by atoms with Gasteiger partial charge in [0.05, 0.1) is 16.7 Å². The standard InChI is InChI=1S/C10H12N6O3S2/c1-15-10(12-13-14-15)21-6(11)5-7(17)16-4(9(18)19)2-3-20-8(5)16/h2,5-6,8H,3,11H2,1H3,(H,18,19). The Morgan fingerprint density at radius 2 is 2.43 bits per heavy atom. The highest BCUT2D eigenvalue weighted by Crippen LogP contribution is 2.45. The summed E-state index contributed by atoms with van der Waals surface area (Å²) in [5.74, 6) is -1.25. The molecule has 3 rings (SSSR count). The number of nitrogens with two attached hydrogens (primary N) is 1. The fourth-order valence-electron chi connectivity index (χ4n) is 2.25. The van der Waals surface area contributed by atoms with Crippen LogP contribution in [0.4, 0.5) is 0 Å². The smallest absolute Gasteiger partial charge is 0.352 e. The normalized spacial score (nSPS) is 25.9. The molecule has 2 aliphatic heterocycles. The molecule has 11 heteroatoms. The van der Waals surface area contributed by atoms with Gasteiger partial charge in [0.1, 0.15) is 5.70 Å². The highest BCUT2D eigenvalue weighted by Gasteiger charge is 2.54. The Morgan fingerprint density at radius 1 is 1.67 bits per heavy atom. The van der Waals surface area contributed by atoms with Crippen molar-refractivity contribution in [2.24, 2.45) is 18.7 Å². The summed E-state index contributed by atoms with van der Waals surface area (Å²) in [4.78, 5) is 24.7. The van der Waals surface area contributed by atoms with Gasteiger partial charge in [-0.25, -0.2) is 9.48 Å². The maximum absolute atomic E-state index is 12.2. The van der Waals surface area contributed by atoms with Crippen LogP contribution in [-0.4, -0.2) is 58.6 Å². The minimum atomic E-state index is -1.09. The summed E-state index contributed by atoms with van der Waals surface area (Å²) in [6.45, 7) is 0. The topological polar surface area (TPSA) is 127 Å². The fraction of sp³-hybridized carbons (Fsp3) is 0.500. The molecule has 3 atom stereocenters. The Hall–Kier alpha value is -1.59. The molecule has 21 heavy (non-hydrogen) atoms. The molecule has 0 aliphatic carbocycles. The molecule has 0 spiro atoms. The first-order valence-corrected chi connectivity index (χ1v) is 7.96. The van der Waals surface area contributed by atoms with Gasteiger partial charge in [-0.3, -0.25) is 9.69 Å². The average Bonchev–Trinajstić information content (AvgIpc) is 2.82. The van der Waals surface area contributed by atoms with Crippen molar-refractivity contribution in [3.8, 4) is 0 Å². The Kier molecular flexibility index (Phi) is 3.63. The molecule has 3 unspecified atom stereocenters. The Labute approximate surface area is 127 Å². The molecule has 0 radical (unpaired) electrons. The predicted octanol–water partition coefficient (Wildman–Crippen LogP) is -0.913. The first-order valence-electron chi connectivity index (χ1n) is 6.03. The number of amides is 1. The molecule has 0 saturated carbocycles.